The molecule has 4 aromatic rings. The Morgan fingerprint density at radius 2 is 1.89 bits per heavy atom. The number of alkyl halides is 5. The van der Waals surface area contributed by atoms with Gasteiger partial charge in [0.15, 0.2) is 11.3 Å². The maximum Gasteiger partial charge on any atom is 0.433 e. The van der Waals surface area contributed by atoms with Crippen molar-refractivity contribution in [3.63, 3.8) is 0 Å². The average Bonchev–Trinajstić information content (AvgIpc) is 3.22. The van der Waals surface area contributed by atoms with Crippen LogP contribution in [0.3, 0.4) is 0 Å². The van der Waals surface area contributed by atoms with Crippen LogP contribution in [0.25, 0.3) is 11.0 Å². The number of hydrogen-bond donors (Lipinski definition) is 1. The minimum Gasteiger partial charge on any atom is -0.310 e. The van der Waals surface area contributed by atoms with Crippen molar-refractivity contribution < 1.29 is 22.0 Å². The molecule has 0 aromatic carbocycles. The van der Waals surface area contributed by atoms with Gasteiger partial charge in [-0.15, -0.1) is 0 Å². The Bertz CT molecular complexity index is 1570. The Balaban J connectivity index is 1.55. The number of hydrogen-bond acceptors (Lipinski definition) is 7. The minimum atomic E-state index is -4.60. The summed E-state index contributed by atoms with van der Waals surface area (Å²) in [7, 11) is 0. The fourth-order valence-corrected chi connectivity index (χ4v) is 4.37. The summed E-state index contributed by atoms with van der Waals surface area (Å²) in [4.78, 5) is 31.7. The molecule has 0 radical (unpaired) electrons. The number of pyridine rings is 1. The Kier molecular flexibility index (Phi) is 5.93. The summed E-state index contributed by atoms with van der Waals surface area (Å²) in [5.74, 6) is -0.264. The number of nitrogens with zero attached hydrogens (tertiary/aromatic N) is 7. The van der Waals surface area contributed by atoms with E-state index in [1.54, 1.807) is 6.92 Å². The third-order valence-electron chi connectivity index (χ3n) is 6.49. The smallest absolute Gasteiger partial charge is 0.310 e. The molecule has 9 nitrogen and oxygen atoms in total. The highest BCUT2D eigenvalue weighted by atomic mass is 19.4. The van der Waals surface area contributed by atoms with Gasteiger partial charge in [-0.3, -0.25) is 9.78 Å². The third kappa shape index (κ3) is 4.30. The standard InChI is InChI=1S/C23H17F5N8O/c1-10(11-2-5-16(31-9-11)23(26,27)28)36-21-17(15(8-29)35-36)22(37)34-20(33-21)13-4-3-12(13)19-30-7-6-14(32-19)18(24)25/h2,5-7,9-10,12-13,18H,3-4H2,1H3,(H,33,34,37)/t10?,12-,13-/m1/s1. The minimum absolute atomic E-state index is 0.0650. The van der Waals surface area contributed by atoms with Gasteiger partial charge in [-0.05, 0) is 37.5 Å². The number of fused-ring (bicyclic) bond motifs is 1. The first kappa shape index (κ1) is 24.4. The van der Waals surface area contributed by atoms with Crippen LogP contribution < -0.4 is 5.56 Å². The molecule has 4 aromatic heterocycles. The molecule has 1 aliphatic carbocycles. The highest BCUT2D eigenvalue weighted by Gasteiger charge is 2.38. The Morgan fingerprint density at radius 3 is 2.49 bits per heavy atom. The first-order valence-electron chi connectivity index (χ1n) is 11.1. The van der Waals surface area contributed by atoms with Gasteiger partial charge in [-0.2, -0.15) is 23.5 Å². The van der Waals surface area contributed by atoms with E-state index in [1.165, 1.54) is 16.9 Å². The molecule has 1 fully saturated rings. The first-order chi connectivity index (χ1) is 17.6. The summed E-state index contributed by atoms with van der Waals surface area (Å²) in [6.07, 6.45) is -3.87. The second-order valence-electron chi connectivity index (χ2n) is 8.64. The molecule has 1 N–H and O–H groups in total. The van der Waals surface area contributed by atoms with Crippen LogP contribution >= 0.6 is 0 Å². The molecule has 4 heterocycles. The van der Waals surface area contributed by atoms with Crippen molar-refractivity contribution in [3.05, 3.63) is 75.2 Å². The predicted octanol–water partition coefficient (Wildman–Crippen LogP) is 4.40. The molecule has 0 saturated heterocycles. The van der Waals surface area contributed by atoms with Crippen LogP contribution in [0.2, 0.25) is 0 Å². The normalized spacial score (nSPS) is 18.5. The number of H-pyrrole nitrogens is 1. The van der Waals surface area contributed by atoms with Gasteiger partial charge in [0.1, 0.15) is 34.5 Å². The molecule has 5 rings (SSSR count). The zero-order chi connectivity index (χ0) is 26.5. The van der Waals surface area contributed by atoms with Crippen molar-refractivity contribution >= 4 is 11.0 Å². The number of nitriles is 1. The topological polar surface area (TPSA) is 126 Å². The molecule has 1 aliphatic rings. The van der Waals surface area contributed by atoms with Crippen LogP contribution in [-0.2, 0) is 6.18 Å². The number of rotatable bonds is 5. The van der Waals surface area contributed by atoms with E-state index >= 15 is 0 Å². The third-order valence-corrected chi connectivity index (χ3v) is 6.49. The van der Waals surface area contributed by atoms with Gasteiger partial charge in [0.05, 0.1) is 6.04 Å². The van der Waals surface area contributed by atoms with E-state index in [4.69, 9.17) is 0 Å². The van der Waals surface area contributed by atoms with E-state index in [0.29, 0.717) is 18.4 Å². The largest absolute Gasteiger partial charge is 0.433 e. The molecule has 0 spiro atoms. The van der Waals surface area contributed by atoms with Crippen molar-refractivity contribution in [2.75, 3.05) is 0 Å². The van der Waals surface area contributed by atoms with Gasteiger partial charge in [-0.25, -0.2) is 28.4 Å². The van der Waals surface area contributed by atoms with Crippen LogP contribution in [0.15, 0.2) is 35.4 Å². The van der Waals surface area contributed by atoms with Gasteiger partial charge in [0.2, 0.25) is 0 Å². The summed E-state index contributed by atoms with van der Waals surface area (Å²) >= 11 is 0. The highest BCUT2D eigenvalue weighted by molar-refractivity contribution is 5.80. The number of aromatic amines is 1. The van der Waals surface area contributed by atoms with Crippen molar-refractivity contribution in [2.45, 2.75) is 50.2 Å². The molecule has 0 aliphatic heterocycles. The molecule has 190 valence electrons. The summed E-state index contributed by atoms with van der Waals surface area (Å²) < 4.78 is 66.2. The molecule has 1 unspecified atom stereocenters. The summed E-state index contributed by atoms with van der Waals surface area (Å²) in [6.45, 7) is 1.62. The summed E-state index contributed by atoms with van der Waals surface area (Å²) in [5.41, 5.74) is -1.85. The molecular formula is C23H17F5N8O. The molecular weight excluding hydrogens is 499 g/mol. The van der Waals surface area contributed by atoms with Crippen LogP contribution in [-0.4, -0.2) is 34.7 Å². The molecule has 0 amide bonds. The van der Waals surface area contributed by atoms with Crippen LogP contribution in [0.5, 0.6) is 0 Å². The van der Waals surface area contributed by atoms with Gasteiger partial charge in [-0.1, -0.05) is 6.07 Å². The van der Waals surface area contributed by atoms with Gasteiger partial charge >= 0.3 is 6.18 Å². The number of aromatic nitrogens is 7. The average molecular weight is 516 g/mol. The van der Waals surface area contributed by atoms with E-state index < -0.39 is 35.6 Å². The van der Waals surface area contributed by atoms with Crippen molar-refractivity contribution in [3.8, 4) is 6.07 Å². The maximum atomic E-state index is 13.1. The SMILES string of the molecule is CC(c1ccc(C(F)(F)F)nc1)n1nc(C#N)c2c(=O)[nH]c([C@@H]3CC[C@H]3c3nccc(C(F)F)n3)nc21. The molecule has 3 atom stereocenters. The zero-order valence-electron chi connectivity index (χ0n) is 19.0. The monoisotopic (exact) mass is 516 g/mol. The van der Waals surface area contributed by atoms with Crippen molar-refractivity contribution in [1.82, 2.24) is 34.7 Å². The van der Waals surface area contributed by atoms with Gasteiger partial charge in [0, 0.05) is 24.2 Å². The number of halogens is 5. The lowest BCUT2D eigenvalue weighted by Crippen LogP contribution is -2.28. The lowest BCUT2D eigenvalue weighted by atomic mass is 9.72. The zero-order valence-corrected chi connectivity index (χ0v) is 19.0. The Morgan fingerprint density at radius 1 is 1.14 bits per heavy atom. The van der Waals surface area contributed by atoms with Crippen molar-refractivity contribution in [1.29, 1.82) is 5.26 Å². The maximum absolute atomic E-state index is 13.1. The lowest BCUT2D eigenvalue weighted by Gasteiger charge is -2.34. The van der Waals surface area contributed by atoms with Crippen LogP contribution in [0, 0.1) is 11.3 Å². The van der Waals surface area contributed by atoms with E-state index in [0.717, 1.165) is 18.3 Å². The van der Waals surface area contributed by atoms with Gasteiger partial charge < -0.3 is 4.98 Å². The predicted molar refractivity (Wildman–Crippen MR) is 118 cm³/mol. The molecule has 0 bridgehead atoms. The molecule has 14 heteroatoms. The second-order valence-corrected chi connectivity index (χ2v) is 8.64. The Hall–Kier alpha value is -4.28. The van der Waals surface area contributed by atoms with E-state index in [2.05, 4.69) is 30.0 Å². The fourth-order valence-electron chi connectivity index (χ4n) is 4.37. The van der Waals surface area contributed by atoms with Crippen molar-refractivity contribution in [2.24, 2.45) is 0 Å². The first-order valence-corrected chi connectivity index (χ1v) is 11.1. The lowest BCUT2D eigenvalue weighted by molar-refractivity contribution is -0.141. The van der Waals surface area contributed by atoms with Crippen LogP contribution in [0.4, 0.5) is 22.0 Å². The molecule has 37 heavy (non-hydrogen) atoms. The van der Waals surface area contributed by atoms with Crippen LogP contribution in [0.1, 0.15) is 78.4 Å². The number of nitrogens with one attached hydrogen (secondary N) is 1. The Labute approximate surface area is 205 Å². The van der Waals surface area contributed by atoms with Gasteiger partial charge in [0.25, 0.3) is 12.0 Å². The summed E-state index contributed by atoms with van der Waals surface area (Å²) in [6, 6.07) is 4.34. The molecule has 1 saturated carbocycles. The quantitative estimate of drug-likeness (QED) is 0.390. The summed E-state index contributed by atoms with van der Waals surface area (Å²) in [5, 5.41) is 13.6. The fraction of sp³-hybridized carbons (Fsp3) is 0.348. The van der Waals surface area contributed by atoms with E-state index in [9.17, 15) is 32.0 Å². The second kappa shape index (κ2) is 8.99. The van der Waals surface area contributed by atoms with E-state index in [1.807, 2.05) is 6.07 Å². The van der Waals surface area contributed by atoms with E-state index in [-0.39, 0.29) is 40.2 Å². The highest BCUT2D eigenvalue weighted by Crippen LogP contribution is 2.47.